The van der Waals surface area contributed by atoms with Crippen LogP contribution in [0.3, 0.4) is 0 Å². The summed E-state index contributed by atoms with van der Waals surface area (Å²) in [5, 5.41) is 7.42. The zero-order valence-electron chi connectivity index (χ0n) is 62.0. The summed E-state index contributed by atoms with van der Waals surface area (Å²) in [6.45, 7) is 15.1. The Morgan fingerprint density at radius 2 is 1.22 bits per heavy atom. The van der Waals surface area contributed by atoms with Gasteiger partial charge in [0.1, 0.15) is 53.9 Å². The highest BCUT2D eigenvalue weighted by Gasteiger charge is 2.53. The van der Waals surface area contributed by atoms with E-state index in [1.807, 2.05) is 34.6 Å². The summed E-state index contributed by atoms with van der Waals surface area (Å²) in [6.07, 6.45) is -8.48. The second-order valence-electron chi connectivity index (χ2n) is 30.5. The number of alkyl halides is 7. The third kappa shape index (κ3) is 20.3. The molecule has 0 aromatic rings. The van der Waals surface area contributed by atoms with Crippen molar-refractivity contribution in [3.63, 3.8) is 0 Å². The van der Waals surface area contributed by atoms with Gasteiger partial charge in [0.15, 0.2) is 0 Å². The highest BCUT2D eigenvalue weighted by molar-refractivity contribution is 6.20. The quantitative estimate of drug-likeness (QED) is 0.121. The molecule has 3 heterocycles. The molecule has 11 amide bonds. The van der Waals surface area contributed by atoms with Crippen molar-refractivity contribution < 1.29 is 83.8 Å². The average molecular weight is 1460 g/mol. The lowest BCUT2D eigenvalue weighted by Gasteiger charge is -2.45. The molecule has 6 fully saturated rings. The Bertz CT molecular complexity index is 2930. The number of rotatable bonds is 13. The average Bonchev–Trinajstić information content (AvgIpc) is 1.26. The number of nitrogens with one attached hydrogen (secondary N) is 3. The molecule has 0 aromatic heterocycles. The number of nitrogens with zero attached hydrogens (tertiary/aromatic N) is 8. The molecule has 23 nitrogen and oxygen atoms in total. The number of fused-ring (bicyclic) bond motifs is 2. The fourth-order valence-electron chi connectivity index (χ4n) is 15.8. The van der Waals surface area contributed by atoms with Gasteiger partial charge in [-0.2, -0.15) is 26.3 Å². The monoisotopic (exact) mass is 1460 g/mol. The van der Waals surface area contributed by atoms with Gasteiger partial charge >= 0.3 is 12.4 Å². The molecule has 1 spiro atoms. The van der Waals surface area contributed by atoms with E-state index in [1.165, 1.54) is 78.6 Å². The SMILES string of the molecule is CCO[C@@H]1C[C@H]2C(=O)NC3(CCCC3)C(=O)N(C)[C@@H]([C@@H](C)CC)C(=O)N(C)[C@H](C)CC(=O)N(C)[C@@H](CC(C)C)C(=O)N[C@@H]([C@@H](C)CC)C(=O)N(C)[C@@H](C)C(=O)N3CC[C@H]3C(=O)N(C)[C@@H](CC3CCC(C(F)(F)F)CC3)C(=O)N(C)CC(=O)N[C@@H](CCC3CCC(C(F)(F)F)C(Cl)C3)C(=O)N2C1. The highest BCUT2D eigenvalue weighted by atomic mass is 35.5. The van der Waals surface area contributed by atoms with Crippen molar-refractivity contribution in [2.45, 2.75) is 274 Å². The molecule has 3 saturated carbocycles. The zero-order chi connectivity index (χ0) is 75.7. The van der Waals surface area contributed by atoms with Crippen LogP contribution in [0.25, 0.3) is 0 Å². The van der Waals surface area contributed by atoms with Crippen molar-refractivity contribution in [2.24, 2.45) is 41.4 Å². The molecule has 30 heteroatoms. The molecule has 3 aliphatic heterocycles. The van der Waals surface area contributed by atoms with Gasteiger partial charge in [-0.1, -0.05) is 67.2 Å². The van der Waals surface area contributed by atoms with Crippen LogP contribution < -0.4 is 16.0 Å². The Morgan fingerprint density at radius 3 is 1.76 bits per heavy atom. The lowest BCUT2D eigenvalue weighted by atomic mass is 9.78. The van der Waals surface area contributed by atoms with E-state index < -0.39 is 191 Å². The van der Waals surface area contributed by atoms with Gasteiger partial charge in [-0.3, -0.25) is 52.7 Å². The van der Waals surface area contributed by atoms with Crippen LogP contribution in [0.5, 0.6) is 0 Å². The number of carbonyl (C=O) groups excluding carboxylic acids is 11. The minimum atomic E-state index is -4.56. The van der Waals surface area contributed by atoms with Gasteiger partial charge in [0, 0.05) is 86.2 Å². The number of hydrogen-bond donors (Lipinski definition) is 3. The van der Waals surface area contributed by atoms with Crippen LogP contribution in [0.1, 0.15) is 191 Å². The first-order valence-electron chi connectivity index (χ1n) is 36.6. The number of amides is 11. The third-order valence-electron chi connectivity index (χ3n) is 23.2. The van der Waals surface area contributed by atoms with Gasteiger partial charge in [-0.25, -0.2) is 0 Å². The molecule has 6 aliphatic rings. The summed E-state index contributed by atoms with van der Waals surface area (Å²) in [4.78, 5) is 174. The van der Waals surface area contributed by atoms with Crippen molar-refractivity contribution in [1.82, 2.24) is 55.1 Å². The van der Waals surface area contributed by atoms with E-state index >= 15 is 24.0 Å². The Balaban J connectivity index is 1.43. The highest BCUT2D eigenvalue weighted by Crippen LogP contribution is 2.45. The standard InChI is InChI=1S/C71H114ClF6N11O12/c1-16-41(6)58-66(98)84(12)44(9)62(94)88-32-29-52(88)65(97)86(14)55(36-46-21-25-47(26-22-46)70(73,74)75)64(96)82(10)39-56(90)79-51(28-24-45-23-27-49(50(72)35-45)71(76,77)78)63(95)89-38-48(101-18-3)37-54(89)61(93)81-69(30-19-20-31-69)68(100)87(15)59(42(7)17-2)67(99)83(11)43(8)34-57(91)85(13)53(33-40(4)5)60(92)80-58/h40-55,58-59H,16-39H2,1-15H3,(H,79,90)(H,80,92)(H,81,93)/t41-,42-,43+,44-,45?,46?,47?,48+,49?,50?,51-,52-,53-,54-,55-,58-,59-/m0/s1. The number of ether oxygens (including phenoxy) is 1. The molecule has 3 N–H and O–H groups in total. The van der Waals surface area contributed by atoms with Crippen LogP contribution in [0.15, 0.2) is 0 Å². The number of carbonyl (C=O) groups is 11. The van der Waals surface area contributed by atoms with E-state index in [0.29, 0.717) is 25.7 Å². The second kappa shape index (κ2) is 35.7. The molecule has 3 aliphatic carbocycles. The van der Waals surface area contributed by atoms with Gasteiger partial charge < -0.3 is 59.9 Å². The van der Waals surface area contributed by atoms with Crippen molar-refractivity contribution in [1.29, 1.82) is 0 Å². The summed E-state index contributed by atoms with van der Waals surface area (Å²) in [5.41, 5.74) is -1.58. The molecule has 15 atom stereocenters. The third-order valence-corrected chi connectivity index (χ3v) is 23.6. The maximum atomic E-state index is 15.5. The first kappa shape index (κ1) is 83.9. The lowest BCUT2D eigenvalue weighted by molar-refractivity contribution is -0.184. The molecule has 3 saturated heterocycles. The second-order valence-corrected chi connectivity index (χ2v) is 31.1. The smallest absolute Gasteiger partial charge is 0.377 e. The summed E-state index contributed by atoms with van der Waals surface area (Å²) in [7, 11) is 8.48. The largest absolute Gasteiger partial charge is 0.393 e. The number of hydrogen-bond acceptors (Lipinski definition) is 12. The van der Waals surface area contributed by atoms with Crippen molar-refractivity contribution in [3.05, 3.63) is 0 Å². The molecular weight excluding hydrogens is 1350 g/mol. The van der Waals surface area contributed by atoms with E-state index in [-0.39, 0.29) is 128 Å². The fraction of sp³-hybridized carbons (Fsp3) is 0.845. The molecule has 0 aromatic carbocycles. The van der Waals surface area contributed by atoms with Gasteiger partial charge in [-0.05, 0) is 140 Å². The molecule has 0 bridgehead atoms. The van der Waals surface area contributed by atoms with Crippen molar-refractivity contribution >= 4 is 76.6 Å². The summed E-state index contributed by atoms with van der Waals surface area (Å²) in [5.74, 6) is -12.8. The molecule has 3 unspecified atom stereocenters. The number of likely N-dealkylation sites (N-methyl/N-ethyl adjacent to an activating group) is 6. The van der Waals surface area contributed by atoms with Gasteiger partial charge in [0.05, 0.1) is 24.5 Å². The lowest BCUT2D eigenvalue weighted by Crippen LogP contribution is -2.65. The van der Waals surface area contributed by atoms with E-state index in [4.69, 9.17) is 16.3 Å². The van der Waals surface area contributed by atoms with Crippen LogP contribution in [-0.4, -0.2) is 256 Å². The first-order valence-corrected chi connectivity index (χ1v) is 37.1. The normalized spacial score (nSPS) is 32.4. The fourth-order valence-corrected chi connectivity index (χ4v) is 16.3. The van der Waals surface area contributed by atoms with Crippen LogP contribution in [-0.2, 0) is 57.5 Å². The molecule has 101 heavy (non-hydrogen) atoms. The van der Waals surface area contributed by atoms with E-state index in [2.05, 4.69) is 16.0 Å². The Kier molecular flexibility index (Phi) is 29.6. The van der Waals surface area contributed by atoms with Gasteiger partial charge in [0.25, 0.3) is 0 Å². The minimum absolute atomic E-state index is 0.0499. The predicted octanol–water partition coefficient (Wildman–Crippen LogP) is 7.29. The minimum Gasteiger partial charge on any atom is -0.377 e. The Hall–Kier alpha value is -6.00. The van der Waals surface area contributed by atoms with Gasteiger partial charge in [0.2, 0.25) is 65.0 Å². The van der Waals surface area contributed by atoms with E-state index in [0.717, 1.165) is 9.80 Å². The molecule has 6 rings (SSSR count). The topological polar surface area (TPSA) is 259 Å². The zero-order valence-corrected chi connectivity index (χ0v) is 62.7. The number of halogens is 7. The molecule has 574 valence electrons. The van der Waals surface area contributed by atoms with E-state index in [9.17, 15) is 55.1 Å². The van der Waals surface area contributed by atoms with Crippen LogP contribution in [0.4, 0.5) is 26.3 Å². The van der Waals surface area contributed by atoms with Crippen molar-refractivity contribution in [2.75, 3.05) is 68.5 Å². The van der Waals surface area contributed by atoms with Crippen LogP contribution in [0.2, 0.25) is 0 Å². The Morgan fingerprint density at radius 1 is 0.604 bits per heavy atom. The maximum absolute atomic E-state index is 15.5. The summed E-state index contributed by atoms with van der Waals surface area (Å²) < 4.78 is 90.2. The van der Waals surface area contributed by atoms with Crippen molar-refractivity contribution in [3.8, 4) is 0 Å². The molecule has 0 radical (unpaired) electrons. The first-order chi connectivity index (χ1) is 47.1. The van der Waals surface area contributed by atoms with Crippen LogP contribution >= 0.6 is 11.6 Å². The van der Waals surface area contributed by atoms with Gasteiger partial charge in [-0.15, -0.1) is 11.6 Å². The predicted molar refractivity (Wildman–Crippen MR) is 365 cm³/mol. The Labute approximate surface area is 597 Å². The maximum Gasteiger partial charge on any atom is 0.393 e. The summed E-state index contributed by atoms with van der Waals surface area (Å²) >= 11 is 6.40. The molecular formula is C71H114ClF6N11O12. The van der Waals surface area contributed by atoms with Crippen LogP contribution in [0, 0.1) is 41.4 Å². The van der Waals surface area contributed by atoms with E-state index in [1.54, 1.807) is 20.8 Å². The summed E-state index contributed by atoms with van der Waals surface area (Å²) in [6, 6.07) is -10.8.